The molecule has 2 saturated carbocycles. The summed E-state index contributed by atoms with van der Waals surface area (Å²) in [5, 5.41) is 0. The van der Waals surface area contributed by atoms with Gasteiger partial charge in [0.2, 0.25) is 0 Å². The molecule has 88 valence electrons. The van der Waals surface area contributed by atoms with Crippen LogP contribution in [0.3, 0.4) is 0 Å². The summed E-state index contributed by atoms with van der Waals surface area (Å²) in [5.41, 5.74) is 6.85. The second-order valence-electron chi connectivity index (χ2n) is 6.70. The maximum absolute atomic E-state index is 6.65. The van der Waals surface area contributed by atoms with Crippen LogP contribution in [0.4, 0.5) is 0 Å². The highest BCUT2D eigenvalue weighted by Crippen LogP contribution is 2.45. The Morgan fingerprint density at radius 2 is 1.53 bits per heavy atom. The lowest BCUT2D eigenvalue weighted by molar-refractivity contribution is 0.135. The molecule has 0 aromatic heterocycles. The zero-order chi connectivity index (χ0) is 11.1. The molecule has 0 heterocycles. The van der Waals surface area contributed by atoms with E-state index in [1.54, 1.807) is 0 Å². The fourth-order valence-electron chi connectivity index (χ4n) is 4.16. The van der Waals surface area contributed by atoms with Crippen molar-refractivity contribution in [3.05, 3.63) is 0 Å². The molecule has 2 N–H and O–H groups in total. The van der Waals surface area contributed by atoms with E-state index in [0.29, 0.717) is 0 Å². The molecule has 1 heteroatoms. The lowest BCUT2D eigenvalue weighted by Crippen LogP contribution is -2.47. The molecule has 0 saturated heterocycles. The van der Waals surface area contributed by atoms with E-state index in [1.165, 1.54) is 38.5 Å². The van der Waals surface area contributed by atoms with Crippen LogP contribution in [0.15, 0.2) is 0 Å². The average molecular weight is 209 g/mol. The van der Waals surface area contributed by atoms with E-state index in [-0.39, 0.29) is 5.54 Å². The average Bonchev–Trinajstić information content (AvgIpc) is 2.46. The third-order valence-electron chi connectivity index (χ3n) is 4.82. The van der Waals surface area contributed by atoms with Crippen molar-refractivity contribution < 1.29 is 0 Å². The van der Waals surface area contributed by atoms with E-state index < -0.39 is 0 Å². The second kappa shape index (κ2) is 4.08. The van der Waals surface area contributed by atoms with Gasteiger partial charge in [-0.25, -0.2) is 0 Å². The van der Waals surface area contributed by atoms with Crippen LogP contribution in [0.2, 0.25) is 0 Å². The molecule has 0 aromatic rings. The third kappa shape index (κ3) is 2.38. The Morgan fingerprint density at radius 3 is 2.00 bits per heavy atom. The van der Waals surface area contributed by atoms with Crippen LogP contribution in [-0.2, 0) is 0 Å². The first kappa shape index (κ1) is 11.4. The van der Waals surface area contributed by atoms with Gasteiger partial charge in [0.15, 0.2) is 0 Å². The minimum Gasteiger partial charge on any atom is -0.325 e. The SMILES string of the molecule is CC1CC(C)CC(C2(N)CCC(C)C2)C1. The molecular formula is C14H27N. The van der Waals surface area contributed by atoms with Crippen LogP contribution < -0.4 is 5.73 Å². The number of rotatable bonds is 1. The van der Waals surface area contributed by atoms with E-state index in [9.17, 15) is 0 Å². The molecule has 0 bridgehead atoms. The van der Waals surface area contributed by atoms with Crippen molar-refractivity contribution in [2.24, 2.45) is 29.4 Å². The van der Waals surface area contributed by atoms with Gasteiger partial charge >= 0.3 is 0 Å². The Kier molecular flexibility index (Phi) is 3.12. The van der Waals surface area contributed by atoms with Crippen molar-refractivity contribution in [1.82, 2.24) is 0 Å². The number of hydrogen-bond acceptors (Lipinski definition) is 1. The molecule has 0 amide bonds. The largest absolute Gasteiger partial charge is 0.325 e. The van der Waals surface area contributed by atoms with E-state index in [0.717, 1.165) is 23.7 Å². The molecule has 2 rings (SSSR count). The van der Waals surface area contributed by atoms with Crippen molar-refractivity contribution in [3.8, 4) is 0 Å². The van der Waals surface area contributed by atoms with Crippen LogP contribution in [0.5, 0.6) is 0 Å². The van der Waals surface area contributed by atoms with E-state index in [2.05, 4.69) is 20.8 Å². The Hall–Kier alpha value is -0.0400. The van der Waals surface area contributed by atoms with Gasteiger partial charge in [0.05, 0.1) is 0 Å². The van der Waals surface area contributed by atoms with Gasteiger partial charge in [0.25, 0.3) is 0 Å². The first-order valence-electron chi connectivity index (χ1n) is 6.78. The zero-order valence-electron chi connectivity index (χ0n) is 10.6. The summed E-state index contributed by atoms with van der Waals surface area (Å²) in [7, 11) is 0. The van der Waals surface area contributed by atoms with Crippen LogP contribution in [-0.4, -0.2) is 5.54 Å². The zero-order valence-corrected chi connectivity index (χ0v) is 10.6. The highest BCUT2D eigenvalue weighted by atomic mass is 14.8. The Bertz CT molecular complexity index is 215. The minimum absolute atomic E-state index is 0.197. The summed E-state index contributed by atoms with van der Waals surface area (Å²) >= 11 is 0. The molecule has 4 atom stereocenters. The topological polar surface area (TPSA) is 26.0 Å². The molecule has 0 aromatic carbocycles. The maximum Gasteiger partial charge on any atom is 0.0185 e. The van der Waals surface area contributed by atoms with Crippen molar-refractivity contribution in [2.45, 2.75) is 64.8 Å². The second-order valence-corrected chi connectivity index (χ2v) is 6.70. The van der Waals surface area contributed by atoms with Gasteiger partial charge in [-0.2, -0.15) is 0 Å². The van der Waals surface area contributed by atoms with Gasteiger partial charge in [0.1, 0.15) is 0 Å². The molecule has 4 unspecified atom stereocenters. The van der Waals surface area contributed by atoms with Crippen LogP contribution in [0.1, 0.15) is 59.3 Å². The fourth-order valence-corrected chi connectivity index (χ4v) is 4.16. The van der Waals surface area contributed by atoms with E-state index in [4.69, 9.17) is 5.73 Å². The van der Waals surface area contributed by atoms with Gasteiger partial charge in [0, 0.05) is 5.54 Å². The highest BCUT2D eigenvalue weighted by Gasteiger charge is 2.42. The van der Waals surface area contributed by atoms with Crippen LogP contribution in [0.25, 0.3) is 0 Å². The lowest BCUT2D eigenvalue weighted by atomic mass is 9.67. The Morgan fingerprint density at radius 1 is 0.933 bits per heavy atom. The summed E-state index contributed by atoms with van der Waals surface area (Å²) in [6.45, 7) is 7.18. The quantitative estimate of drug-likeness (QED) is 0.702. The van der Waals surface area contributed by atoms with Crippen LogP contribution >= 0.6 is 0 Å². The molecule has 0 aliphatic heterocycles. The van der Waals surface area contributed by atoms with Crippen LogP contribution in [0, 0.1) is 23.7 Å². The third-order valence-corrected chi connectivity index (χ3v) is 4.82. The van der Waals surface area contributed by atoms with Crippen molar-refractivity contribution >= 4 is 0 Å². The summed E-state index contributed by atoms with van der Waals surface area (Å²) in [5.74, 6) is 3.47. The summed E-state index contributed by atoms with van der Waals surface area (Å²) in [4.78, 5) is 0. The normalized spacial score (nSPS) is 52.0. The van der Waals surface area contributed by atoms with E-state index >= 15 is 0 Å². The number of nitrogens with two attached hydrogens (primary N) is 1. The monoisotopic (exact) mass is 209 g/mol. The molecular weight excluding hydrogens is 182 g/mol. The Labute approximate surface area is 94.8 Å². The minimum atomic E-state index is 0.197. The lowest BCUT2D eigenvalue weighted by Gasteiger charge is -2.41. The first-order valence-corrected chi connectivity index (χ1v) is 6.78. The first-order chi connectivity index (χ1) is 6.99. The van der Waals surface area contributed by atoms with Crippen molar-refractivity contribution in [3.63, 3.8) is 0 Å². The Balaban J connectivity index is 2.03. The standard InChI is InChI=1S/C14H27N/c1-10-4-5-14(15,9-10)13-7-11(2)6-12(3)8-13/h10-13H,4-9,15H2,1-3H3. The van der Waals surface area contributed by atoms with E-state index in [1.807, 2.05) is 0 Å². The van der Waals surface area contributed by atoms with Gasteiger partial charge in [-0.15, -0.1) is 0 Å². The smallest absolute Gasteiger partial charge is 0.0185 e. The van der Waals surface area contributed by atoms with Crippen molar-refractivity contribution in [1.29, 1.82) is 0 Å². The molecule has 2 aliphatic carbocycles. The molecule has 2 aliphatic rings. The molecule has 0 radical (unpaired) electrons. The summed E-state index contributed by atoms with van der Waals surface area (Å²) in [6, 6.07) is 0. The summed E-state index contributed by atoms with van der Waals surface area (Å²) < 4.78 is 0. The van der Waals surface area contributed by atoms with Gasteiger partial charge in [-0.3, -0.25) is 0 Å². The summed E-state index contributed by atoms with van der Waals surface area (Å²) in [6.07, 6.45) is 8.09. The molecule has 15 heavy (non-hydrogen) atoms. The van der Waals surface area contributed by atoms with Gasteiger partial charge in [-0.1, -0.05) is 20.8 Å². The fraction of sp³-hybridized carbons (Fsp3) is 1.00. The molecule has 1 nitrogen and oxygen atoms in total. The molecule has 2 fully saturated rings. The van der Waals surface area contributed by atoms with Gasteiger partial charge in [-0.05, 0) is 62.2 Å². The highest BCUT2D eigenvalue weighted by molar-refractivity contribution is 4.99. The van der Waals surface area contributed by atoms with Gasteiger partial charge < -0.3 is 5.73 Å². The predicted molar refractivity (Wildman–Crippen MR) is 65.6 cm³/mol. The maximum atomic E-state index is 6.65. The number of hydrogen-bond donors (Lipinski definition) is 1. The van der Waals surface area contributed by atoms with Crippen molar-refractivity contribution in [2.75, 3.05) is 0 Å². The predicted octanol–water partition coefficient (Wildman–Crippen LogP) is 3.58. The molecule has 0 spiro atoms.